The summed E-state index contributed by atoms with van der Waals surface area (Å²) in [5.41, 5.74) is 0.541. The van der Waals surface area contributed by atoms with E-state index in [1.165, 1.54) is 12.5 Å². The van der Waals surface area contributed by atoms with Crippen molar-refractivity contribution in [2.75, 3.05) is 11.9 Å². The van der Waals surface area contributed by atoms with Gasteiger partial charge < -0.3 is 5.32 Å². The normalized spacial score (nSPS) is 19.8. The Kier molecular flexibility index (Phi) is 3.83. The first kappa shape index (κ1) is 11.5. The highest BCUT2D eigenvalue weighted by Crippen LogP contribution is 2.22. The fraction of sp³-hybridized carbons (Fsp3) is 0.385. The van der Waals surface area contributed by atoms with Crippen molar-refractivity contribution < 1.29 is 4.39 Å². The molecule has 0 fully saturated rings. The first-order valence-electron chi connectivity index (χ1n) is 5.59. The molecule has 0 saturated heterocycles. The predicted molar refractivity (Wildman–Crippen MR) is 66.4 cm³/mol. The molecule has 0 amide bonds. The zero-order chi connectivity index (χ0) is 11.4. The van der Waals surface area contributed by atoms with Crippen LogP contribution in [0.4, 0.5) is 10.1 Å². The molecule has 0 heterocycles. The summed E-state index contributed by atoms with van der Waals surface area (Å²) in [7, 11) is 0. The minimum Gasteiger partial charge on any atom is -0.382 e. The molecule has 86 valence electrons. The molecule has 2 rings (SSSR count). The maximum absolute atomic E-state index is 13.4. The van der Waals surface area contributed by atoms with Crippen molar-refractivity contribution in [3.63, 3.8) is 0 Å². The first-order valence-corrected chi connectivity index (χ1v) is 5.97. The number of rotatable bonds is 3. The monoisotopic (exact) mass is 239 g/mol. The molecule has 1 N–H and O–H groups in total. The van der Waals surface area contributed by atoms with E-state index in [1.807, 2.05) is 0 Å². The maximum atomic E-state index is 13.4. The van der Waals surface area contributed by atoms with E-state index < -0.39 is 0 Å². The number of hydrogen-bond acceptors (Lipinski definition) is 1. The van der Waals surface area contributed by atoms with Crippen LogP contribution in [0.5, 0.6) is 0 Å². The van der Waals surface area contributed by atoms with E-state index in [-0.39, 0.29) is 5.82 Å². The molecular weight excluding hydrogens is 225 g/mol. The molecule has 1 aliphatic carbocycles. The van der Waals surface area contributed by atoms with Gasteiger partial charge in [0.1, 0.15) is 5.82 Å². The van der Waals surface area contributed by atoms with E-state index in [0.29, 0.717) is 16.6 Å². The van der Waals surface area contributed by atoms with Gasteiger partial charge in [0.15, 0.2) is 0 Å². The van der Waals surface area contributed by atoms with Crippen molar-refractivity contribution in [1.29, 1.82) is 0 Å². The Bertz CT molecular complexity index is 390. The van der Waals surface area contributed by atoms with Gasteiger partial charge in [0, 0.05) is 11.6 Å². The second-order valence-electron chi connectivity index (χ2n) is 4.16. The molecule has 0 radical (unpaired) electrons. The van der Waals surface area contributed by atoms with Crippen LogP contribution in [0.1, 0.15) is 19.3 Å². The van der Waals surface area contributed by atoms with Crippen molar-refractivity contribution in [2.24, 2.45) is 5.92 Å². The molecule has 3 heteroatoms. The number of allylic oxidation sites excluding steroid dienone is 2. The highest BCUT2D eigenvalue weighted by atomic mass is 35.5. The highest BCUT2D eigenvalue weighted by molar-refractivity contribution is 6.30. The molecule has 0 aliphatic heterocycles. The standard InChI is InChI=1S/C13H15ClFN/c14-11-6-7-13(12(15)8-11)16-9-10-4-2-1-3-5-10/h1-2,6-8,10,16H,3-5,9H2. The molecule has 0 saturated carbocycles. The lowest BCUT2D eigenvalue weighted by atomic mass is 9.94. The van der Waals surface area contributed by atoms with Crippen LogP contribution in [0.2, 0.25) is 5.02 Å². The molecule has 1 unspecified atom stereocenters. The van der Waals surface area contributed by atoms with E-state index in [9.17, 15) is 4.39 Å². The third kappa shape index (κ3) is 2.99. The molecule has 1 aromatic rings. The average Bonchev–Trinajstić information content (AvgIpc) is 2.29. The second kappa shape index (κ2) is 5.35. The molecule has 1 aliphatic rings. The largest absolute Gasteiger partial charge is 0.382 e. The average molecular weight is 240 g/mol. The van der Waals surface area contributed by atoms with Crippen LogP contribution < -0.4 is 5.32 Å². The number of nitrogens with one attached hydrogen (secondary N) is 1. The quantitative estimate of drug-likeness (QED) is 0.778. The Morgan fingerprint density at radius 2 is 2.25 bits per heavy atom. The van der Waals surface area contributed by atoms with E-state index in [1.54, 1.807) is 12.1 Å². The Labute approximate surface area is 100 Å². The van der Waals surface area contributed by atoms with E-state index in [2.05, 4.69) is 17.5 Å². The molecule has 0 spiro atoms. The summed E-state index contributed by atoms with van der Waals surface area (Å²) < 4.78 is 13.4. The predicted octanol–water partition coefficient (Wildman–Crippen LogP) is 4.25. The summed E-state index contributed by atoms with van der Waals surface area (Å²) in [6.45, 7) is 0.822. The summed E-state index contributed by atoms with van der Waals surface area (Å²) in [5, 5.41) is 3.58. The van der Waals surface area contributed by atoms with Gasteiger partial charge in [-0.25, -0.2) is 4.39 Å². The summed E-state index contributed by atoms with van der Waals surface area (Å²) in [6, 6.07) is 4.73. The summed E-state index contributed by atoms with van der Waals surface area (Å²) in [6.07, 6.45) is 7.81. The van der Waals surface area contributed by atoms with Crippen LogP contribution in [-0.4, -0.2) is 6.54 Å². The molecule has 1 aromatic carbocycles. The summed E-state index contributed by atoms with van der Waals surface area (Å²) >= 11 is 5.69. The van der Waals surface area contributed by atoms with Gasteiger partial charge in [-0.3, -0.25) is 0 Å². The molecule has 16 heavy (non-hydrogen) atoms. The number of anilines is 1. The Morgan fingerprint density at radius 3 is 2.94 bits per heavy atom. The third-order valence-corrected chi connectivity index (χ3v) is 3.13. The molecule has 0 aromatic heterocycles. The van der Waals surface area contributed by atoms with Gasteiger partial charge in [-0.15, -0.1) is 0 Å². The first-order chi connectivity index (χ1) is 7.75. The van der Waals surface area contributed by atoms with Gasteiger partial charge in [0.2, 0.25) is 0 Å². The number of hydrogen-bond donors (Lipinski definition) is 1. The van der Waals surface area contributed by atoms with Crippen molar-refractivity contribution in [2.45, 2.75) is 19.3 Å². The van der Waals surface area contributed by atoms with Crippen molar-refractivity contribution in [3.05, 3.63) is 41.2 Å². The number of benzene rings is 1. The molecule has 0 bridgehead atoms. The van der Waals surface area contributed by atoms with Crippen LogP contribution in [0.15, 0.2) is 30.4 Å². The fourth-order valence-corrected chi connectivity index (χ4v) is 2.09. The zero-order valence-corrected chi connectivity index (χ0v) is 9.80. The SMILES string of the molecule is Fc1cc(Cl)ccc1NCC1CC=CCC1. The van der Waals surface area contributed by atoms with E-state index in [4.69, 9.17) is 11.6 Å². The van der Waals surface area contributed by atoms with Crippen LogP contribution in [-0.2, 0) is 0 Å². The minimum atomic E-state index is -0.279. The Morgan fingerprint density at radius 1 is 1.38 bits per heavy atom. The zero-order valence-electron chi connectivity index (χ0n) is 9.05. The van der Waals surface area contributed by atoms with Crippen LogP contribution in [0, 0.1) is 11.7 Å². The lowest BCUT2D eigenvalue weighted by Gasteiger charge is -2.19. The van der Waals surface area contributed by atoms with Crippen molar-refractivity contribution in [1.82, 2.24) is 0 Å². The highest BCUT2D eigenvalue weighted by Gasteiger charge is 2.10. The van der Waals surface area contributed by atoms with E-state index >= 15 is 0 Å². The van der Waals surface area contributed by atoms with Gasteiger partial charge >= 0.3 is 0 Å². The van der Waals surface area contributed by atoms with Crippen molar-refractivity contribution in [3.8, 4) is 0 Å². The molecule has 1 nitrogen and oxygen atoms in total. The van der Waals surface area contributed by atoms with Crippen LogP contribution in [0.25, 0.3) is 0 Å². The molecule has 1 atom stereocenters. The van der Waals surface area contributed by atoms with Gasteiger partial charge in [-0.05, 0) is 43.4 Å². The molecular formula is C13H15ClFN. The Balaban J connectivity index is 1.91. The van der Waals surface area contributed by atoms with Crippen LogP contribution in [0.3, 0.4) is 0 Å². The van der Waals surface area contributed by atoms with Gasteiger partial charge in [0.25, 0.3) is 0 Å². The van der Waals surface area contributed by atoms with Crippen molar-refractivity contribution >= 4 is 17.3 Å². The smallest absolute Gasteiger partial charge is 0.147 e. The van der Waals surface area contributed by atoms with Gasteiger partial charge in [-0.2, -0.15) is 0 Å². The van der Waals surface area contributed by atoms with Crippen LogP contribution >= 0.6 is 11.6 Å². The third-order valence-electron chi connectivity index (χ3n) is 2.89. The minimum absolute atomic E-state index is 0.279. The lowest BCUT2D eigenvalue weighted by molar-refractivity contribution is 0.502. The topological polar surface area (TPSA) is 12.0 Å². The van der Waals surface area contributed by atoms with Gasteiger partial charge in [-0.1, -0.05) is 23.8 Å². The summed E-state index contributed by atoms with van der Waals surface area (Å²) in [5.74, 6) is 0.332. The summed E-state index contributed by atoms with van der Waals surface area (Å²) in [4.78, 5) is 0. The lowest BCUT2D eigenvalue weighted by Crippen LogP contribution is -2.15. The van der Waals surface area contributed by atoms with E-state index in [0.717, 1.165) is 19.4 Å². The number of halogens is 2. The second-order valence-corrected chi connectivity index (χ2v) is 4.59. The van der Waals surface area contributed by atoms with Gasteiger partial charge in [0.05, 0.1) is 5.69 Å². The fourth-order valence-electron chi connectivity index (χ4n) is 1.93. The maximum Gasteiger partial charge on any atom is 0.147 e. The Hall–Kier alpha value is -1.02.